The molecule has 1 aromatic heterocycles. The molecule has 0 bridgehead atoms. The zero-order valence-corrected chi connectivity index (χ0v) is 17.2. The number of β-amino-alcohol motifs (C(OH)–C–C–N with tert-alkyl or cyclic N) is 1. The molecule has 1 aliphatic rings. The average Bonchev–Trinajstić information content (AvgIpc) is 3.19. The number of nitrogens with zero attached hydrogens (tertiary/aromatic N) is 4. The van der Waals surface area contributed by atoms with Crippen LogP contribution in [0.15, 0.2) is 48.5 Å². The van der Waals surface area contributed by atoms with Gasteiger partial charge in [-0.25, -0.2) is 0 Å². The minimum Gasteiger partial charge on any atom is -0.424 e. The molecule has 180 valence electrons. The number of ether oxygens (including phenoxy) is 1. The molecule has 13 heteroatoms. The van der Waals surface area contributed by atoms with Crippen LogP contribution in [0.4, 0.5) is 43.9 Å². The van der Waals surface area contributed by atoms with Gasteiger partial charge in [-0.1, -0.05) is 12.1 Å². The van der Waals surface area contributed by atoms with Crippen LogP contribution in [0.3, 0.4) is 0 Å². The number of benzene rings is 2. The number of alkyl halides is 6. The second kappa shape index (κ2) is 8.97. The summed E-state index contributed by atoms with van der Waals surface area (Å²) in [6.07, 6.45) is -9.35. The predicted octanol–water partition coefficient (Wildman–Crippen LogP) is 5.02. The lowest BCUT2D eigenvalue weighted by Crippen LogP contribution is -2.24. The Labute approximate surface area is 189 Å². The van der Waals surface area contributed by atoms with Crippen molar-refractivity contribution >= 4 is 17.6 Å². The monoisotopic (exact) mass is 485 g/mol. The molecule has 34 heavy (non-hydrogen) atoms. The van der Waals surface area contributed by atoms with Gasteiger partial charge in [-0.3, -0.25) is 0 Å². The molecule has 1 aliphatic heterocycles. The minimum absolute atomic E-state index is 0.0263. The van der Waals surface area contributed by atoms with Crippen LogP contribution < -0.4 is 15.0 Å². The summed E-state index contributed by atoms with van der Waals surface area (Å²) in [6, 6.07) is 8.02. The van der Waals surface area contributed by atoms with E-state index in [9.17, 15) is 31.4 Å². The number of anilines is 3. The molecule has 0 unspecified atom stereocenters. The molecule has 3 aromatic rings. The minimum atomic E-state index is -4.59. The Morgan fingerprint density at radius 2 is 1.59 bits per heavy atom. The smallest absolute Gasteiger partial charge is 0.416 e. The van der Waals surface area contributed by atoms with Crippen LogP contribution in [0.5, 0.6) is 11.8 Å². The van der Waals surface area contributed by atoms with Gasteiger partial charge in [0.25, 0.3) is 0 Å². The SMILES string of the molecule is O[C@H]1CCN(c2nc(Nc3cccc(C(F)(F)F)c3)nc(Oc3cccc(C(F)(F)F)c3)n2)C1. The number of hydrogen-bond acceptors (Lipinski definition) is 7. The number of nitrogens with one attached hydrogen (secondary N) is 1. The molecule has 2 N–H and O–H groups in total. The van der Waals surface area contributed by atoms with E-state index in [1.807, 2.05) is 0 Å². The van der Waals surface area contributed by atoms with Gasteiger partial charge in [0.2, 0.25) is 11.9 Å². The van der Waals surface area contributed by atoms with E-state index in [4.69, 9.17) is 4.74 Å². The summed E-state index contributed by atoms with van der Waals surface area (Å²) in [6.45, 7) is 0.577. The first kappa shape index (κ1) is 23.5. The second-order valence-electron chi connectivity index (χ2n) is 7.46. The van der Waals surface area contributed by atoms with Gasteiger partial charge in [0.05, 0.1) is 17.2 Å². The fraction of sp³-hybridized carbons (Fsp3) is 0.286. The van der Waals surface area contributed by atoms with Crippen LogP contribution in [-0.4, -0.2) is 39.3 Å². The van der Waals surface area contributed by atoms with Crippen LogP contribution in [0.2, 0.25) is 0 Å². The van der Waals surface area contributed by atoms with E-state index in [0.717, 1.165) is 30.3 Å². The van der Waals surface area contributed by atoms with Crippen LogP contribution in [0.25, 0.3) is 0 Å². The number of aliphatic hydroxyl groups is 1. The predicted molar refractivity (Wildman–Crippen MR) is 109 cm³/mol. The largest absolute Gasteiger partial charge is 0.424 e. The quantitative estimate of drug-likeness (QED) is 0.492. The number of aliphatic hydroxyl groups excluding tert-OH is 1. The topological polar surface area (TPSA) is 83.4 Å². The zero-order valence-electron chi connectivity index (χ0n) is 17.2. The molecule has 0 saturated carbocycles. The Hall–Kier alpha value is -3.61. The van der Waals surface area contributed by atoms with Gasteiger partial charge in [0, 0.05) is 18.8 Å². The third-order valence-corrected chi connectivity index (χ3v) is 4.87. The summed E-state index contributed by atoms with van der Waals surface area (Å²) < 4.78 is 83.6. The molecule has 4 rings (SSSR count). The molecule has 0 radical (unpaired) electrons. The molecule has 1 atom stereocenters. The molecule has 0 amide bonds. The molecule has 2 heterocycles. The number of halogens is 6. The van der Waals surface area contributed by atoms with Crippen LogP contribution in [0, 0.1) is 0 Å². The van der Waals surface area contributed by atoms with Crippen molar-refractivity contribution in [1.82, 2.24) is 15.0 Å². The van der Waals surface area contributed by atoms with E-state index >= 15 is 0 Å². The Kier molecular flexibility index (Phi) is 6.21. The van der Waals surface area contributed by atoms with E-state index in [-0.39, 0.29) is 35.9 Å². The van der Waals surface area contributed by atoms with E-state index in [1.165, 1.54) is 18.2 Å². The van der Waals surface area contributed by atoms with E-state index in [2.05, 4.69) is 20.3 Å². The third-order valence-electron chi connectivity index (χ3n) is 4.87. The molecule has 1 saturated heterocycles. The van der Waals surface area contributed by atoms with Gasteiger partial charge in [-0.05, 0) is 42.8 Å². The van der Waals surface area contributed by atoms with Crippen molar-refractivity contribution < 1.29 is 36.2 Å². The van der Waals surface area contributed by atoms with Gasteiger partial charge in [-0.15, -0.1) is 0 Å². The number of rotatable bonds is 5. The highest BCUT2D eigenvalue weighted by molar-refractivity contribution is 5.56. The lowest BCUT2D eigenvalue weighted by atomic mass is 10.2. The standard InChI is InChI=1S/C21H17F6N5O2/c22-20(23,24)12-3-1-5-14(9-12)28-17-29-18(32-8-7-15(33)11-32)31-19(30-17)34-16-6-2-4-13(10-16)21(25,26)27/h1-6,9-10,15,33H,7-8,11H2,(H,28,29,30,31)/t15-/m0/s1. The first-order valence-corrected chi connectivity index (χ1v) is 9.96. The molecular formula is C21H17F6N5O2. The average molecular weight is 485 g/mol. The van der Waals surface area contributed by atoms with Gasteiger partial charge >= 0.3 is 18.4 Å². The van der Waals surface area contributed by atoms with Crippen LogP contribution in [-0.2, 0) is 12.4 Å². The summed E-state index contributed by atoms with van der Waals surface area (Å²) in [7, 11) is 0. The first-order valence-electron chi connectivity index (χ1n) is 9.96. The highest BCUT2D eigenvalue weighted by Crippen LogP contribution is 2.34. The fourth-order valence-electron chi connectivity index (χ4n) is 3.26. The molecule has 2 aromatic carbocycles. The van der Waals surface area contributed by atoms with Gasteiger partial charge < -0.3 is 20.1 Å². The molecule has 7 nitrogen and oxygen atoms in total. The van der Waals surface area contributed by atoms with E-state index < -0.39 is 29.6 Å². The Morgan fingerprint density at radius 1 is 0.912 bits per heavy atom. The van der Waals surface area contributed by atoms with Crippen molar-refractivity contribution in [2.75, 3.05) is 23.3 Å². The van der Waals surface area contributed by atoms with Crippen LogP contribution >= 0.6 is 0 Å². The van der Waals surface area contributed by atoms with Crippen LogP contribution in [0.1, 0.15) is 17.5 Å². The maximum atomic E-state index is 13.0. The summed E-state index contributed by atoms with van der Waals surface area (Å²) >= 11 is 0. The lowest BCUT2D eigenvalue weighted by Gasteiger charge is -2.17. The maximum absolute atomic E-state index is 13.0. The van der Waals surface area contributed by atoms with Crippen molar-refractivity contribution in [3.63, 3.8) is 0 Å². The van der Waals surface area contributed by atoms with E-state index in [1.54, 1.807) is 4.90 Å². The summed E-state index contributed by atoms with van der Waals surface area (Å²) in [5.41, 5.74) is -1.81. The molecule has 0 aliphatic carbocycles. The Morgan fingerprint density at radius 3 is 2.24 bits per heavy atom. The van der Waals surface area contributed by atoms with Crippen molar-refractivity contribution in [1.29, 1.82) is 0 Å². The van der Waals surface area contributed by atoms with Gasteiger partial charge in [0.15, 0.2) is 0 Å². The first-order chi connectivity index (χ1) is 16.0. The summed E-state index contributed by atoms with van der Waals surface area (Å²) in [5, 5.41) is 12.5. The zero-order chi connectivity index (χ0) is 24.5. The fourth-order valence-corrected chi connectivity index (χ4v) is 3.26. The molecule has 0 spiro atoms. The molecule has 1 fully saturated rings. The second-order valence-corrected chi connectivity index (χ2v) is 7.46. The van der Waals surface area contributed by atoms with Crippen molar-refractivity contribution in [3.05, 3.63) is 59.7 Å². The normalized spacial score (nSPS) is 16.6. The van der Waals surface area contributed by atoms with Crippen molar-refractivity contribution in [3.8, 4) is 11.8 Å². The maximum Gasteiger partial charge on any atom is 0.416 e. The summed E-state index contributed by atoms with van der Waals surface area (Å²) in [5.74, 6) is -0.339. The highest BCUT2D eigenvalue weighted by atomic mass is 19.4. The number of hydrogen-bond donors (Lipinski definition) is 2. The highest BCUT2D eigenvalue weighted by Gasteiger charge is 2.32. The Bertz CT molecular complexity index is 1090. The van der Waals surface area contributed by atoms with Crippen molar-refractivity contribution in [2.24, 2.45) is 0 Å². The Balaban J connectivity index is 1.66. The summed E-state index contributed by atoms with van der Waals surface area (Å²) in [4.78, 5) is 13.9. The van der Waals surface area contributed by atoms with Crippen molar-refractivity contribution in [2.45, 2.75) is 24.9 Å². The van der Waals surface area contributed by atoms with E-state index in [0.29, 0.717) is 13.0 Å². The molecular weight excluding hydrogens is 468 g/mol. The third kappa shape index (κ3) is 5.65. The van der Waals surface area contributed by atoms with Gasteiger partial charge in [-0.2, -0.15) is 41.3 Å². The lowest BCUT2D eigenvalue weighted by molar-refractivity contribution is -0.138. The number of aromatic nitrogens is 3. The van der Waals surface area contributed by atoms with Gasteiger partial charge in [0.1, 0.15) is 5.75 Å².